The number of hydrogen-bond acceptors (Lipinski definition) is 5. The molecular formula is C26H33F3N4O3. The summed E-state index contributed by atoms with van der Waals surface area (Å²) >= 11 is 0. The minimum Gasteiger partial charge on any atom is -0.496 e. The number of fused-ring (bicyclic) bond motifs is 1. The van der Waals surface area contributed by atoms with Gasteiger partial charge in [-0.2, -0.15) is 18.3 Å². The summed E-state index contributed by atoms with van der Waals surface area (Å²) < 4.78 is 54.1. The summed E-state index contributed by atoms with van der Waals surface area (Å²) in [7, 11) is 1.61. The van der Waals surface area contributed by atoms with Crippen LogP contribution in [0.2, 0.25) is 0 Å². The number of amides is 1. The maximum absolute atomic E-state index is 14.1. The molecule has 3 atom stereocenters. The highest BCUT2D eigenvalue weighted by atomic mass is 19.4. The molecule has 2 aromatic rings. The van der Waals surface area contributed by atoms with Crippen molar-refractivity contribution >= 4 is 5.91 Å². The number of carbonyl (C=O) groups is 1. The standard InChI is InChI=1S/C26H33F3N4O3/c1-16-7-8-19-23(16)30-33(25(19)26(27,28)29)15-22(34)32-10-9-20(31-11-13-36-14-12-31)24(32)18-5-4-6-21(35-3)17(18)2/h4-6,16,20,24H,7-15H2,1-3H3/t16-,20+,24+/m0/s1. The second-order valence-electron chi connectivity index (χ2n) is 10.0. The molecule has 0 N–H and O–H groups in total. The Hall–Kier alpha value is -2.59. The fourth-order valence-electron chi connectivity index (χ4n) is 6.20. The van der Waals surface area contributed by atoms with E-state index in [0.717, 1.165) is 41.1 Å². The lowest BCUT2D eigenvalue weighted by molar-refractivity contribution is -0.146. The van der Waals surface area contributed by atoms with Crippen molar-refractivity contribution < 1.29 is 27.4 Å². The van der Waals surface area contributed by atoms with E-state index in [1.165, 1.54) is 0 Å². The van der Waals surface area contributed by atoms with E-state index in [-0.39, 0.29) is 29.5 Å². The zero-order valence-corrected chi connectivity index (χ0v) is 21.0. The highest BCUT2D eigenvalue weighted by Crippen LogP contribution is 2.42. The third kappa shape index (κ3) is 4.38. The maximum atomic E-state index is 14.1. The van der Waals surface area contributed by atoms with Crippen LogP contribution in [0.25, 0.3) is 0 Å². The molecule has 196 valence electrons. The molecule has 2 aliphatic heterocycles. The zero-order valence-electron chi connectivity index (χ0n) is 21.0. The van der Waals surface area contributed by atoms with Gasteiger partial charge in [0.05, 0.1) is 32.1 Å². The Morgan fingerprint density at radius 3 is 2.64 bits per heavy atom. The van der Waals surface area contributed by atoms with Crippen LogP contribution in [0.3, 0.4) is 0 Å². The van der Waals surface area contributed by atoms with Gasteiger partial charge in [-0.3, -0.25) is 14.4 Å². The molecule has 2 fully saturated rings. The topological polar surface area (TPSA) is 59.8 Å². The number of rotatable bonds is 5. The summed E-state index contributed by atoms with van der Waals surface area (Å²) in [5.41, 5.74) is 1.85. The minimum absolute atomic E-state index is 0.0397. The molecule has 36 heavy (non-hydrogen) atoms. The first-order chi connectivity index (χ1) is 17.2. The van der Waals surface area contributed by atoms with Gasteiger partial charge in [-0.1, -0.05) is 19.1 Å². The first-order valence-electron chi connectivity index (χ1n) is 12.6. The number of methoxy groups -OCH3 is 1. The molecule has 0 spiro atoms. The van der Waals surface area contributed by atoms with Crippen molar-refractivity contribution in [2.45, 2.75) is 63.8 Å². The molecule has 3 heterocycles. The van der Waals surface area contributed by atoms with Crippen LogP contribution < -0.4 is 4.74 Å². The van der Waals surface area contributed by atoms with E-state index in [4.69, 9.17) is 9.47 Å². The van der Waals surface area contributed by atoms with Crippen molar-refractivity contribution in [3.8, 4) is 5.75 Å². The maximum Gasteiger partial charge on any atom is 0.433 e. The Bertz CT molecular complexity index is 1130. The third-order valence-corrected chi connectivity index (χ3v) is 7.99. The van der Waals surface area contributed by atoms with E-state index in [0.29, 0.717) is 38.3 Å². The summed E-state index contributed by atoms with van der Waals surface area (Å²) in [6, 6.07) is 5.54. The molecule has 0 bridgehead atoms. The second-order valence-corrected chi connectivity index (χ2v) is 10.0. The van der Waals surface area contributed by atoms with Crippen LogP contribution in [-0.4, -0.2) is 71.5 Å². The molecule has 0 radical (unpaired) electrons. The predicted octanol–water partition coefficient (Wildman–Crippen LogP) is 3.94. The molecule has 0 saturated carbocycles. The molecule has 1 aromatic heterocycles. The normalized spacial score (nSPS) is 24.8. The first-order valence-corrected chi connectivity index (χ1v) is 12.6. The number of halogens is 3. The number of nitrogens with zero attached hydrogens (tertiary/aromatic N) is 4. The molecule has 7 nitrogen and oxygen atoms in total. The van der Waals surface area contributed by atoms with Gasteiger partial charge in [0.25, 0.3) is 0 Å². The highest BCUT2D eigenvalue weighted by molar-refractivity contribution is 5.77. The Kier molecular flexibility index (Phi) is 6.76. The van der Waals surface area contributed by atoms with Gasteiger partial charge >= 0.3 is 6.18 Å². The van der Waals surface area contributed by atoms with Crippen LogP contribution in [0.15, 0.2) is 18.2 Å². The van der Waals surface area contributed by atoms with E-state index in [1.54, 1.807) is 12.0 Å². The monoisotopic (exact) mass is 506 g/mol. The van der Waals surface area contributed by atoms with Crippen LogP contribution in [0.4, 0.5) is 13.2 Å². The van der Waals surface area contributed by atoms with E-state index >= 15 is 0 Å². The third-order valence-electron chi connectivity index (χ3n) is 7.99. The van der Waals surface area contributed by atoms with Gasteiger partial charge in [0, 0.05) is 37.2 Å². The Balaban J connectivity index is 1.49. The van der Waals surface area contributed by atoms with Crippen molar-refractivity contribution in [3.63, 3.8) is 0 Å². The molecule has 1 aromatic carbocycles. The van der Waals surface area contributed by atoms with Crippen molar-refractivity contribution in [2.24, 2.45) is 0 Å². The number of ether oxygens (including phenoxy) is 2. The molecule has 0 unspecified atom stereocenters. The lowest BCUT2D eigenvalue weighted by Gasteiger charge is -2.38. The lowest BCUT2D eigenvalue weighted by Crippen LogP contribution is -2.47. The largest absolute Gasteiger partial charge is 0.496 e. The molecule has 2 saturated heterocycles. The average Bonchev–Trinajstić information content (AvgIpc) is 3.54. The fraction of sp³-hybridized carbons (Fsp3) is 0.615. The lowest BCUT2D eigenvalue weighted by atomic mass is 9.94. The van der Waals surface area contributed by atoms with Crippen molar-refractivity contribution in [2.75, 3.05) is 40.0 Å². The number of benzene rings is 1. The Morgan fingerprint density at radius 1 is 1.19 bits per heavy atom. The fourth-order valence-corrected chi connectivity index (χ4v) is 6.20. The number of alkyl halides is 3. The first kappa shape index (κ1) is 25.1. The van der Waals surface area contributed by atoms with Gasteiger partial charge in [-0.15, -0.1) is 0 Å². The molecule has 1 aliphatic carbocycles. The summed E-state index contributed by atoms with van der Waals surface area (Å²) in [5.74, 6) is 0.337. The molecule has 5 rings (SSSR count). The van der Waals surface area contributed by atoms with Gasteiger partial charge in [-0.05, 0) is 43.4 Å². The smallest absolute Gasteiger partial charge is 0.433 e. The molecular weight excluding hydrogens is 473 g/mol. The van der Waals surface area contributed by atoms with E-state index < -0.39 is 18.4 Å². The van der Waals surface area contributed by atoms with Crippen molar-refractivity contribution in [1.29, 1.82) is 0 Å². The van der Waals surface area contributed by atoms with E-state index in [9.17, 15) is 18.0 Å². The number of morpholine rings is 1. The van der Waals surface area contributed by atoms with Gasteiger partial charge in [0.2, 0.25) is 5.91 Å². The number of likely N-dealkylation sites (tertiary alicyclic amines) is 1. The number of carbonyl (C=O) groups excluding carboxylic acids is 1. The van der Waals surface area contributed by atoms with Crippen LogP contribution in [0.5, 0.6) is 5.75 Å². The second kappa shape index (κ2) is 9.70. The number of aromatic nitrogens is 2. The zero-order chi connectivity index (χ0) is 25.6. The average molecular weight is 507 g/mol. The molecule has 10 heteroatoms. The van der Waals surface area contributed by atoms with Crippen LogP contribution in [0.1, 0.15) is 59.8 Å². The Labute approximate surface area is 209 Å². The Morgan fingerprint density at radius 2 is 1.94 bits per heavy atom. The molecule has 1 amide bonds. The summed E-state index contributed by atoms with van der Waals surface area (Å²) in [4.78, 5) is 17.8. The van der Waals surface area contributed by atoms with Crippen LogP contribution in [-0.2, 0) is 28.7 Å². The van der Waals surface area contributed by atoms with Gasteiger partial charge < -0.3 is 14.4 Å². The SMILES string of the molecule is COc1cccc([C@@H]2[C@H](N3CCOCC3)CCN2C(=O)Cn2nc3c(c2C(F)(F)F)CC[C@@H]3C)c1C. The van der Waals surface area contributed by atoms with Crippen LogP contribution in [0, 0.1) is 6.92 Å². The quantitative estimate of drug-likeness (QED) is 0.615. The van der Waals surface area contributed by atoms with Gasteiger partial charge in [-0.25, -0.2) is 0 Å². The predicted molar refractivity (Wildman–Crippen MR) is 127 cm³/mol. The van der Waals surface area contributed by atoms with Crippen LogP contribution >= 0.6 is 0 Å². The minimum atomic E-state index is -4.56. The summed E-state index contributed by atoms with van der Waals surface area (Å²) in [6.07, 6.45) is -2.82. The van der Waals surface area contributed by atoms with E-state index in [1.807, 2.05) is 32.0 Å². The van der Waals surface area contributed by atoms with Gasteiger partial charge in [0.15, 0.2) is 0 Å². The van der Waals surface area contributed by atoms with Gasteiger partial charge in [0.1, 0.15) is 18.0 Å². The number of hydrogen-bond donors (Lipinski definition) is 0. The van der Waals surface area contributed by atoms with E-state index in [2.05, 4.69) is 10.00 Å². The van der Waals surface area contributed by atoms with Crippen molar-refractivity contribution in [1.82, 2.24) is 19.6 Å². The molecule has 3 aliphatic rings. The summed E-state index contributed by atoms with van der Waals surface area (Å²) in [5, 5.41) is 4.30. The van der Waals surface area contributed by atoms with Crippen molar-refractivity contribution in [3.05, 3.63) is 46.3 Å². The highest BCUT2D eigenvalue weighted by Gasteiger charge is 2.45. The summed E-state index contributed by atoms with van der Waals surface area (Å²) in [6.45, 7) is 6.67.